The smallest absolute Gasteiger partial charge is 0.410 e. The average Bonchev–Trinajstić information content (AvgIpc) is 2.51. The fourth-order valence-corrected chi connectivity index (χ4v) is 3.47. The predicted octanol–water partition coefficient (Wildman–Crippen LogP) is 0.753. The number of carbonyl (C=O) groups is 2. The predicted molar refractivity (Wildman–Crippen MR) is 76.3 cm³/mol. The average molecular weight is 336 g/mol. The molecule has 2 fully saturated rings. The molecular formula is C13H21FN2O5S. The molecule has 0 aliphatic carbocycles. The van der Waals surface area contributed by atoms with Gasteiger partial charge in [0.2, 0.25) is 5.91 Å². The quantitative estimate of drug-likeness (QED) is 0.710. The monoisotopic (exact) mass is 336 g/mol. The van der Waals surface area contributed by atoms with E-state index in [0.29, 0.717) is 13.1 Å². The van der Waals surface area contributed by atoms with E-state index in [4.69, 9.17) is 4.74 Å². The Kier molecular flexibility index (Phi) is 4.38. The summed E-state index contributed by atoms with van der Waals surface area (Å²) in [5, 5.41) is 0. The van der Waals surface area contributed by atoms with Gasteiger partial charge in [-0.3, -0.25) is 4.79 Å². The first-order valence-electron chi connectivity index (χ1n) is 7.14. The van der Waals surface area contributed by atoms with Crippen LogP contribution in [-0.4, -0.2) is 67.2 Å². The van der Waals surface area contributed by atoms with Crippen molar-refractivity contribution in [2.45, 2.75) is 38.8 Å². The Hall–Kier alpha value is -1.38. The second-order valence-corrected chi connectivity index (χ2v) is 8.27. The van der Waals surface area contributed by atoms with E-state index in [1.165, 1.54) is 9.80 Å². The number of nitrogens with zero attached hydrogens (tertiary/aromatic N) is 2. The maximum Gasteiger partial charge on any atom is 0.410 e. The zero-order valence-corrected chi connectivity index (χ0v) is 13.7. The highest BCUT2D eigenvalue weighted by atomic mass is 32.3. The third-order valence-corrected chi connectivity index (χ3v) is 4.50. The van der Waals surface area contributed by atoms with Gasteiger partial charge in [-0.05, 0) is 20.8 Å². The zero-order valence-electron chi connectivity index (χ0n) is 12.9. The standard InChI is InChI=1S/C13H21FN2O5S/c1-13(2,3)21-12(18)15-6-10(7-15)16-5-9(4-11(16)17)8-22(14,19)20/h9-10H,4-8H2,1-3H3. The summed E-state index contributed by atoms with van der Waals surface area (Å²) in [5.41, 5.74) is -0.577. The summed E-state index contributed by atoms with van der Waals surface area (Å²) in [6.45, 7) is 6.25. The van der Waals surface area contributed by atoms with Crippen molar-refractivity contribution in [3.8, 4) is 0 Å². The molecule has 2 saturated heterocycles. The van der Waals surface area contributed by atoms with Crippen LogP contribution in [0.3, 0.4) is 0 Å². The molecule has 0 spiro atoms. The number of ether oxygens (including phenoxy) is 1. The maximum atomic E-state index is 12.7. The van der Waals surface area contributed by atoms with E-state index in [1.54, 1.807) is 20.8 Å². The minimum absolute atomic E-state index is 0.0338. The van der Waals surface area contributed by atoms with Gasteiger partial charge < -0.3 is 14.5 Å². The fraction of sp³-hybridized carbons (Fsp3) is 0.846. The van der Waals surface area contributed by atoms with Crippen LogP contribution in [0.1, 0.15) is 27.2 Å². The molecule has 0 radical (unpaired) electrons. The molecule has 1 unspecified atom stereocenters. The number of rotatable bonds is 3. The van der Waals surface area contributed by atoms with Gasteiger partial charge in [0.05, 0.1) is 11.8 Å². The van der Waals surface area contributed by atoms with Crippen LogP contribution < -0.4 is 0 Å². The van der Waals surface area contributed by atoms with E-state index < -0.39 is 33.6 Å². The molecule has 0 aromatic rings. The van der Waals surface area contributed by atoms with Crippen LogP contribution in [0.2, 0.25) is 0 Å². The maximum absolute atomic E-state index is 12.7. The Morgan fingerprint density at radius 2 is 1.91 bits per heavy atom. The van der Waals surface area contributed by atoms with Crippen molar-refractivity contribution in [3.05, 3.63) is 0 Å². The minimum Gasteiger partial charge on any atom is -0.444 e. The van der Waals surface area contributed by atoms with Crippen molar-refractivity contribution in [2.24, 2.45) is 5.92 Å². The van der Waals surface area contributed by atoms with Gasteiger partial charge in [0.25, 0.3) is 0 Å². The Labute approximate surface area is 129 Å². The summed E-state index contributed by atoms with van der Waals surface area (Å²) < 4.78 is 39.2. The van der Waals surface area contributed by atoms with Gasteiger partial charge in [-0.15, -0.1) is 3.89 Å². The van der Waals surface area contributed by atoms with E-state index in [9.17, 15) is 21.9 Å². The van der Waals surface area contributed by atoms with Gasteiger partial charge in [0.15, 0.2) is 0 Å². The lowest BCUT2D eigenvalue weighted by Crippen LogP contribution is -2.62. The summed E-state index contributed by atoms with van der Waals surface area (Å²) in [6, 6.07) is -0.146. The molecule has 0 bridgehead atoms. The van der Waals surface area contributed by atoms with Gasteiger partial charge in [0, 0.05) is 32.0 Å². The molecular weight excluding hydrogens is 315 g/mol. The number of halogens is 1. The van der Waals surface area contributed by atoms with Crippen LogP contribution in [0.5, 0.6) is 0 Å². The van der Waals surface area contributed by atoms with E-state index in [0.717, 1.165) is 0 Å². The molecule has 2 aliphatic rings. The summed E-state index contributed by atoms with van der Waals surface area (Å²) in [4.78, 5) is 26.7. The van der Waals surface area contributed by atoms with Crippen molar-refractivity contribution >= 4 is 22.2 Å². The van der Waals surface area contributed by atoms with Crippen LogP contribution in [-0.2, 0) is 19.8 Å². The highest BCUT2D eigenvalue weighted by molar-refractivity contribution is 7.86. The molecule has 2 amide bonds. The first-order chi connectivity index (χ1) is 9.94. The normalized spacial score (nSPS) is 23.6. The van der Waals surface area contributed by atoms with Gasteiger partial charge in [0.1, 0.15) is 5.60 Å². The van der Waals surface area contributed by atoms with E-state index in [-0.39, 0.29) is 24.9 Å². The summed E-state index contributed by atoms with van der Waals surface area (Å²) in [5.74, 6) is -1.34. The van der Waals surface area contributed by atoms with Crippen molar-refractivity contribution in [1.29, 1.82) is 0 Å². The van der Waals surface area contributed by atoms with Gasteiger partial charge in [-0.1, -0.05) is 0 Å². The molecule has 7 nitrogen and oxygen atoms in total. The van der Waals surface area contributed by atoms with E-state index >= 15 is 0 Å². The van der Waals surface area contributed by atoms with Crippen molar-refractivity contribution in [1.82, 2.24) is 9.80 Å². The second-order valence-electron chi connectivity index (χ2n) is 6.86. The molecule has 22 heavy (non-hydrogen) atoms. The summed E-state index contributed by atoms with van der Waals surface area (Å²) >= 11 is 0. The highest BCUT2D eigenvalue weighted by Gasteiger charge is 2.43. The number of hydrogen-bond acceptors (Lipinski definition) is 5. The van der Waals surface area contributed by atoms with E-state index in [1.807, 2.05) is 0 Å². The van der Waals surface area contributed by atoms with Crippen molar-refractivity contribution < 1.29 is 26.6 Å². The zero-order chi connectivity index (χ0) is 16.7. The Bertz CT molecular complexity index is 565. The molecule has 9 heteroatoms. The Morgan fingerprint density at radius 3 is 2.41 bits per heavy atom. The lowest BCUT2D eigenvalue weighted by Gasteiger charge is -2.44. The molecule has 0 saturated carbocycles. The van der Waals surface area contributed by atoms with E-state index in [2.05, 4.69) is 0 Å². The van der Waals surface area contributed by atoms with Gasteiger partial charge in [-0.25, -0.2) is 4.79 Å². The molecule has 126 valence electrons. The lowest BCUT2D eigenvalue weighted by atomic mass is 10.1. The fourth-order valence-electron chi connectivity index (χ4n) is 2.68. The highest BCUT2D eigenvalue weighted by Crippen LogP contribution is 2.27. The Morgan fingerprint density at radius 1 is 1.32 bits per heavy atom. The summed E-state index contributed by atoms with van der Waals surface area (Å²) in [7, 11) is -4.58. The molecule has 2 aliphatic heterocycles. The van der Waals surface area contributed by atoms with Crippen LogP contribution in [0.25, 0.3) is 0 Å². The first kappa shape index (κ1) is 17.0. The third kappa shape index (κ3) is 4.31. The van der Waals surface area contributed by atoms with Crippen molar-refractivity contribution in [3.63, 3.8) is 0 Å². The Balaban J connectivity index is 1.84. The number of carbonyl (C=O) groups excluding carboxylic acids is 2. The topological polar surface area (TPSA) is 84.0 Å². The number of hydrogen-bond donors (Lipinski definition) is 0. The van der Waals surface area contributed by atoms with Crippen LogP contribution in [0.4, 0.5) is 8.68 Å². The molecule has 0 aromatic heterocycles. The number of amides is 2. The molecule has 1 atom stereocenters. The van der Waals surface area contributed by atoms with Crippen LogP contribution in [0.15, 0.2) is 0 Å². The molecule has 0 N–H and O–H groups in total. The van der Waals surface area contributed by atoms with Crippen LogP contribution >= 0.6 is 0 Å². The first-order valence-corrected chi connectivity index (χ1v) is 8.69. The number of likely N-dealkylation sites (tertiary alicyclic amines) is 2. The molecule has 2 rings (SSSR count). The van der Waals surface area contributed by atoms with Crippen LogP contribution in [0, 0.1) is 5.92 Å². The second kappa shape index (κ2) is 5.68. The lowest BCUT2D eigenvalue weighted by molar-refractivity contribution is -0.132. The third-order valence-electron chi connectivity index (χ3n) is 3.63. The van der Waals surface area contributed by atoms with Gasteiger partial charge >= 0.3 is 16.3 Å². The summed E-state index contributed by atoms with van der Waals surface area (Å²) in [6.07, 6.45) is -0.398. The SMILES string of the molecule is CC(C)(C)OC(=O)N1CC(N2CC(CS(=O)(=O)F)CC2=O)C1. The van der Waals surface area contributed by atoms with Crippen molar-refractivity contribution in [2.75, 3.05) is 25.4 Å². The molecule has 0 aromatic carbocycles. The largest absolute Gasteiger partial charge is 0.444 e. The minimum atomic E-state index is -4.58. The molecule has 2 heterocycles. The van der Waals surface area contributed by atoms with Gasteiger partial charge in [-0.2, -0.15) is 8.42 Å².